The molecular formula is C20H26N4O2. The topological polar surface area (TPSA) is 79.9 Å². The molecule has 1 aromatic heterocycles. The van der Waals surface area contributed by atoms with E-state index in [1.165, 1.54) is 5.56 Å². The monoisotopic (exact) mass is 354 g/mol. The number of ether oxygens (including phenoxy) is 1. The highest BCUT2D eigenvalue weighted by atomic mass is 16.5. The summed E-state index contributed by atoms with van der Waals surface area (Å²) in [5.74, 6) is 0.807. The Balaban J connectivity index is 1.72. The Hall–Kier alpha value is -2.81. The van der Waals surface area contributed by atoms with Crippen LogP contribution in [0.2, 0.25) is 0 Å². The average Bonchev–Trinajstić information content (AvgIpc) is 2.90. The fourth-order valence-corrected chi connectivity index (χ4v) is 2.79. The lowest BCUT2D eigenvalue weighted by atomic mass is 10.1. The van der Waals surface area contributed by atoms with Crippen LogP contribution in [0, 0.1) is 32.1 Å². The molecule has 0 aliphatic rings. The summed E-state index contributed by atoms with van der Waals surface area (Å²) >= 11 is 0. The third-order valence-corrected chi connectivity index (χ3v) is 4.28. The average molecular weight is 354 g/mol. The van der Waals surface area contributed by atoms with Gasteiger partial charge in [0, 0.05) is 12.1 Å². The normalized spacial score (nSPS) is 10.4. The second-order valence-electron chi connectivity index (χ2n) is 6.29. The van der Waals surface area contributed by atoms with Crippen molar-refractivity contribution < 1.29 is 9.53 Å². The van der Waals surface area contributed by atoms with Crippen molar-refractivity contribution in [3.05, 3.63) is 46.8 Å². The first-order chi connectivity index (χ1) is 12.5. The molecule has 0 saturated carbocycles. The maximum atomic E-state index is 12.0. The van der Waals surface area contributed by atoms with Crippen molar-refractivity contribution in [2.45, 2.75) is 46.6 Å². The van der Waals surface area contributed by atoms with E-state index >= 15 is 0 Å². The van der Waals surface area contributed by atoms with Gasteiger partial charge in [0.2, 0.25) is 5.91 Å². The van der Waals surface area contributed by atoms with Gasteiger partial charge in [0.25, 0.3) is 0 Å². The van der Waals surface area contributed by atoms with Crippen molar-refractivity contribution in [3.63, 3.8) is 0 Å². The van der Waals surface area contributed by atoms with Gasteiger partial charge in [0.05, 0.1) is 31.3 Å². The highest BCUT2D eigenvalue weighted by molar-refractivity contribution is 5.76. The maximum absolute atomic E-state index is 12.0. The summed E-state index contributed by atoms with van der Waals surface area (Å²) in [6.07, 6.45) is 1.49. The van der Waals surface area contributed by atoms with E-state index in [-0.39, 0.29) is 5.91 Å². The van der Waals surface area contributed by atoms with E-state index in [1.54, 1.807) is 0 Å². The molecule has 138 valence electrons. The first kappa shape index (κ1) is 19.5. The molecule has 0 aliphatic carbocycles. The van der Waals surface area contributed by atoms with Gasteiger partial charge in [-0.2, -0.15) is 10.4 Å². The molecule has 1 heterocycles. The van der Waals surface area contributed by atoms with E-state index in [4.69, 9.17) is 10.00 Å². The van der Waals surface area contributed by atoms with Crippen LogP contribution in [0.5, 0.6) is 5.75 Å². The fourth-order valence-electron chi connectivity index (χ4n) is 2.79. The smallest absolute Gasteiger partial charge is 0.220 e. The number of hydrogen-bond donors (Lipinski definition) is 1. The molecule has 1 aromatic carbocycles. The second-order valence-corrected chi connectivity index (χ2v) is 6.29. The van der Waals surface area contributed by atoms with E-state index in [2.05, 4.69) is 16.5 Å². The minimum absolute atomic E-state index is 0.00100. The van der Waals surface area contributed by atoms with Crippen molar-refractivity contribution in [3.8, 4) is 11.8 Å². The van der Waals surface area contributed by atoms with E-state index in [9.17, 15) is 4.79 Å². The van der Waals surface area contributed by atoms with Crippen LogP contribution in [-0.2, 0) is 17.8 Å². The Kier molecular flexibility index (Phi) is 7.22. The Labute approximate surface area is 154 Å². The van der Waals surface area contributed by atoms with Crippen LogP contribution >= 0.6 is 0 Å². The van der Waals surface area contributed by atoms with Crippen molar-refractivity contribution in [1.82, 2.24) is 15.1 Å². The Morgan fingerprint density at radius 1 is 1.27 bits per heavy atom. The molecule has 2 rings (SSSR count). The highest BCUT2D eigenvalue weighted by Gasteiger charge is 2.12. The van der Waals surface area contributed by atoms with Gasteiger partial charge in [-0.25, -0.2) is 0 Å². The molecule has 0 radical (unpaired) electrons. The molecule has 0 bridgehead atoms. The lowest BCUT2D eigenvalue weighted by Gasteiger charge is -2.08. The third-order valence-electron chi connectivity index (χ3n) is 4.28. The fraction of sp³-hybridized carbons (Fsp3) is 0.450. The minimum Gasteiger partial charge on any atom is -0.492 e. The zero-order valence-corrected chi connectivity index (χ0v) is 15.7. The summed E-state index contributed by atoms with van der Waals surface area (Å²) in [5, 5.41) is 16.0. The van der Waals surface area contributed by atoms with Crippen LogP contribution in [0.15, 0.2) is 24.3 Å². The lowest BCUT2D eigenvalue weighted by molar-refractivity contribution is -0.121. The van der Waals surface area contributed by atoms with Crippen LogP contribution in [0.3, 0.4) is 0 Å². The van der Waals surface area contributed by atoms with E-state index < -0.39 is 0 Å². The van der Waals surface area contributed by atoms with Crippen molar-refractivity contribution in [2.75, 3.05) is 13.2 Å². The molecule has 26 heavy (non-hydrogen) atoms. The minimum atomic E-state index is 0.00100. The van der Waals surface area contributed by atoms with Crippen molar-refractivity contribution in [2.24, 2.45) is 0 Å². The highest BCUT2D eigenvalue weighted by Crippen LogP contribution is 2.15. The summed E-state index contributed by atoms with van der Waals surface area (Å²) in [5.41, 5.74) is 4.24. The predicted molar refractivity (Wildman–Crippen MR) is 99.9 cm³/mol. The number of nitrogens with one attached hydrogen (secondary N) is 1. The number of rotatable bonds is 9. The number of nitrogens with zero attached hydrogens (tertiary/aromatic N) is 3. The standard InChI is InChI=1S/C20H26N4O2/c1-15-5-7-18(8-6-15)26-14-12-22-20(25)10-9-19-16(2)23-24(17(19)3)13-4-11-21/h5-8H,4,9-10,12-14H2,1-3H3,(H,22,25). The van der Waals surface area contributed by atoms with Gasteiger partial charge >= 0.3 is 0 Å². The zero-order chi connectivity index (χ0) is 18.9. The SMILES string of the molecule is Cc1ccc(OCCNC(=O)CCc2c(C)nn(CCC#N)c2C)cc1. The summed E-state index contributed by atoms with van der Waals surface area (Å²) in [4.78, 5) is 12.0. The number of aryl methyl sites for hydroxylation is 3. The van der Waals surface area contributed by atoms with Crippen LogP contribution in [0.4, 0.5) is 0 Å². The Morgan fingerprint density at radius 3 is 2.69 bits per heavy atom. The van der Waals surface area contributed by atoms with Crippen molar-refractivity contribution >= 4 is 5.91 Å². The molecular weight excluding hydrogens is 328 g/mol. The van der Waals surface area contributed by atoms with Crippen molar-refractivity contribution in [1.29, 1.82) is 5.26 Å². The number of amides is 1. The molecule has 0 spiro atoms. The van der Waals surface area contributed by atoms with Gasteiger partial charge in [-0.15, -0.1) is 0 Å². The predicted octanol–water partition coefficient (Wildman–Crippen LogP) is 2.85. The number of carbonyl (C=O) groups is 1. The molecule has 0 saturated heterocycles. The van der Waals surface area contributed by atoms with E-state index in [0.29, 0.717) is 39.0 Å². The van der Waals surface area contributed by atoms with E-state index in [1.807, 2.05) is 49.7 Å². The molecule has 0 atom stereocenters. The maximum Gasteiger partial charge on any atom is 0.220 e. The number of hydrogen-bond acceptors (Lipinski definition) is 4. The van der Waals surface area contributed by atoms with Crippen LogP contribution in [0.25, 0.3) is 0 Å². The Bertz CT molecular complexity index is 772. The molecule has 0 fully saturated rings. The molecule has 6 nitrogen and oxygen atoms in total. The van der Waals surface area contributed by atoms with Gasteiger partial charge in [0.15, 0.2) is 0 Å². The summed E-state index contributed by atoms with van der Waals surface area (Å²) < 4.78 is 7.45. The number of benzene rings is 1. The van der Waals surface area contributed by atoms with Gasteiger partial charge in [-0.1, -0.05) is 17.7 Å². The number of carbonyl (C=O) groups excluding carboxylic acids is 1. The summed E-state index contributed by atoms with van der Waals surface area (Å²) in [7, 11) is 0. The largest absolute Gasteiger partial charge is 0.492 e. The molecule has 1 N–H and O–H groups in total. The van der Waals surface area contributed by atoms with Gasteiger partial charge < -0.3 is 10.1 Å². The third kappa shape index (κ3) is 5.62. The Morgan fingerprint density at radius 2 is 2.00 bits per heavy atom. The van der Waals surface area contributed by atoms with E-state index in [0.717, 1.165) is 22.7 Å². The quantitative estimate of drug-likeness (QED) is 0.702. The summed E-state index contributed by atoms with van der Waals surface area (Å²) in [6, 6.07) is 9.97. The van der Waals surface area contributed by atoms with Gasteiger partial charge in [-0.05, 0) is 44.9 Å². The number of nitriles is 1. The van der Waals surface area contributed by atoms with Gasteiger partial charge in [-0.3, -0.25) is 9.48 Å². The lowest BCUT2D eigenvalue weighted by Crippen LogP contribution is -2.28. The number of aromatic nitrogens is 2. The zero-order valence-electron chi connectivity index (χ0n) is 15.7. The van der Waals surface area contributed by atoms with Crippen LogP contribution in [-0.4, -0.2) is 28.8 Å². The van der Waals surface area contributed by atoms with Gasteiger partial charge in [0.1, 0.15) is 12.4 Å². The molecule has 0 aliphatic heterocycles. The molecule has 1 amide bonds. The second kappa shape index (κ2) is 9.62. The molecule has 0 unspecified atom stereocenters. The van der Waals surface area contributed by atoms with Crippen LogP contribution < -0.4 is 10.1 Å². The molecule has 6 heteroatoms. The molecule has 2 aromatic rings. The summed E-state index contributed by atoms with van der Waals surface area (Å²) in [6.45, 7) is 7.47. The first-order valence-electron chi connectivity index (χ1n) is 8.87. The van der Waals surface area contributed by atoms with Crippen LogP contribution in [0.1, 0.15) is 35.4 Å². The first-order valence-corrected chi connectivity index (χ1v) is 8.87.